The topological polar surface area (TPSA) is 75.4 Å². The lowest BCUT2D eigenvalue weighted by Crippen LogP contribution is -2.27. The van der Waals surface area contributed by atoms with E-state index < -0.39 is 0 Å². The van der Waals surface area contributed by atoms with Crippen LogP contribution in [0.5, 0.6) is 0 Å². The van der Waals surface area contributed by atoms with Crippen LogP contribution in [0.15, 0.2) is 48.5 Å². The van der Waals surface area contributed by atoms with E-state index >= 15 is 0 Å². The van der Waals surface area contributed by atoms with E-state index in [9.17, 15) is 9.59 Å². The van der Waals surface area contributed by atoms with Gasteiger partial charge in [0.25, 0.3) is 5.91 Å². The third-order valence-electron chi connectivity index (χ3n) is 4.75. The van der Waals surface area contributed by atoms with Gasteiger partial charge in [0.15, 0.2) is 0 Å². The third kappa shape index (κ3) is 5.81. The van der Waals surface area contributed by atoms with Gasteiger partial charge in [-0.15, -0.1) is 12.4 Å². The number of aryl methyl sites for hydroxylation is 1. The minimum atomic E-state index is -0.148. The van der Waals surface area contributed by atoms with Crippen LogP contribution in [0.25, 0.3) is 0 Å². The second-order valence-electron chi connectivity index (χ2n) is 6.64. The van der Waals surface area contributed by atoms with Gasteiger partial charge in [-0.3, -0.25) is 9.59 Å². The van der Waals surface area contributed by atoms with Crippen LogP contribution in [0.2, 0.25) is 0 Å². The Bertz CT molecular complexity index is 754. The first-order chi connectivity index (χ1) is 12.7. The average Bonchev–Trinajstić information content (AvgIpc) is 3.22. The van der Waals surface area contributed by atoms with E-state index in [-0.39, 0.29) is 24.2 Å². The van der Waals surface area contributed by atoms with Crippen LogP contribution >= 0.6 is 12.4 Å². The predicted molar refractivity (Wildman–Crippen MR) is 110 cm³/mol. The fourth-order valence-electron chi connectivity index (χ4n) is 3.13. The zero-order valence-corrected chi connectivity index (χ0v) is 16.1. The number of amides is 2. The highest BCUT2D eigenvalue weighted by molar-refractivity contribution is 6.04. The maximum Gasteiger partial charge on any atom is 0.255 e. The standard InChI is InChI=1S/C21H25N3O2.ClH/c22-15-17-3-8-18(9-4-17)21(26)23-19-10-5-16(6-11-19)7-12-20(25)24-13-1-2-14-24;/h3-6,8-11H,1-2,7,12-15,22H2,(H,23,26);1H. The molecule has 1 saturated heterocycles. The summed E-state index contributed by atoms with van der Waals surface area (Å²) in [5, 5.41) is 2.89. The highest BCUT2D eigenvalue weighted by Gasteiger charge is 2.17. The molecule has 27 heavy (non-hydrogen) atoms. The van der Waals surface area contributed by atoms with Crippen LogP contribution in [0.4, 0.5) is 5.69 Å². The number of nitrogens with two attached hydrogens (primary N) is 1. The molecule has 2 amide bonds. The molecule has 1 fully saturated rings. The first kappa shape index (κ1) is 20.9. The minimum Gasteiger partial charge on any atom is -0.343 e. The number of rotatable bonds is 6. The van der Waals surface area contributed by atoms with Gasteiger partial charge < -0.3 is 16.0 Å². The van der Waals surface area contributed by atoms with Gasteiger partial charge in [0, 0.05) is 37.3 Å². The molecule has 3 rings (SSSR count). The van der Waals surface area contributed by atoms with E-state index in [1.165, 1.54) is 0 Å². The molecule has 144 valence electrons. The molecule has 0 aliphatic carbocycles. The van der Waals surface area contributed by atoms with Crippen LogP contribution in [-0.2, 0) is 17.8 Å². The van der Waals surface area contributed by atoms with Crippen molar-refractivity contribution in [1.29, 1.82) is 0 Å². The van der Waals surface area contributed by atoms with E-state index in [2.05, 4.69) is 5.32 Å². The third-order valence-corrected chi connectivity index (χ3v) is 4.75. The predicted octanol–water partition coefficient (Wildman–Crippen LogP) is 3.37. The lowest BCUT2D eigenvalue weighted by atomic mass is 10.1. The lowest BCUT2D eigenvalue weighted by Gasteiger charge is -2.15. The molecule has 0 bridgehead atoms. The maximum atomic E-state index is 12.3. The van der Waals surface area contributed by atoms with Crippen molar-refractivity contribution in [1.82, 2.24) is 4.90 Å². The molecule has 0 aromatic heterocycles. The SMILES string of the molecule is Cl.NCc1ccc(C(=O)Nc2ccc(CCC(=O)N3CCCC3)cc2)cc1. The van der Waals surface area contributed by atoms with Crippen molar-refractivity contribution in [2.45, 2.75) is 32.2 Å². The summed E-state index contributed by atoms with van der Waals surface area (Å²) in [5.41, 5.74) is 9.01. The van der Waals surface area contributed by atoms with Crippen LogP contribution in [0.3, 0.4) is 0 Å². The number of benzene rings is 2. The number of carbonyl (C=O) groups is 2. The van der Waals surface area contributed by atoms with Gasteiger partial charge in [-0.1, -0.05) is 24.3 Å². The van der Waals surface area contributed by atoms with E-state index in [1.54, 1.807) is 12.1 Å². The molecule has 0 saturated carbocycles. The van der Waals surface area contributed by atoms with Crippen LogP contribution in [0.1, 0.15) is 40.7 Å². The first-order valence-electron chi connectivity index (χ1n) is 9.13. The zero-order valence-electron chi connectivity index (χ0n) is 15.3. The molecule has 3 N–H and O–H groups in total. The summed E-state index contributed by atoms with van der Waals surface area (Å²) in [6.45, 7) is 2.26. The maximum absolute atomic E-state index is 12.3. The number of likely N-dealkylation sites (tertiary alicyclic amines) is 1. The van der Waals surface area contributed by atoms with Gasteiger partial charge in [-0.25, -0.2) is 0 Å². The summed E-state index contributed by atoms with van der Waals surface area (Å²) in [4.78, 5) is 26.3. The van der Waals surface area contributed by atoms with Crippen LogP contribution < -0.4 is 11.1 Å². The molecular weight excluding hydrogens is 362 g/mol. The summed E-state index contributed by atoms with van der Waals surface area (Å²) in [7, 11) is 0. The van der Waals surface area contributed by atoms with Gasteiger partial charge in [0.2, 0.25) is 5.91 Å². The molecular formula is C21H26ClN3O2. The largest absolute Gasteiger partial charge is 0.343 e. The number of nitrogens with zero attached hydrogens (tertiary/aromatic N) is 1. The Morgan fingerprint density at radius 1 is 0.926 bits per heavy atom. The number of hydrogen-bond donors (Lipinski definition) is 2. The highest BCUT2D eigenvalue weighted by atomic mass is 35.5. The van der Waals surface area contributed by atoms with E-state index in [1.807, 2.05) is 41.3 Å². The molecule has 5 nitrogen and oxygen atoms in total. The number of carbonyl (C=O) groups excluding carboxylic acids is 2. The molecule has 6 heteroatoms. The van der Waals surface area contributed by atoms with Gasteiger partial charge >= 0.3 is 0 Å². The van der Waals surface area contributed by atoms with Crippen LogP contribution in [0, 0.1) is 0 Å². The van der Waals surface area contributed by atoms with Crippen molar-refractivity contribution in [3.05, 3.63) is 65.2 Å². The quantitative estimate of drug-likeness (QED) is 0.797. The molecule has 2 aromatic carbocycles. The summed E-state index contributed by atoms with van der Waals surface area (Å²) in [6.07, 6.45) is 3.51. The van der Waals surface area contributed by atoms with Crippen molar-refractivity contribution < 1.29 is 9.59 Å². The number of halogens is 1. The fraction of sp³-hybridized carbons (Fsp3) is 0.333. The first-order valence-corrected chi connectivity index (χ1v) is 9.13. The second-order valence-corrected chi connectivity index (χ2v) is 6.64. The lowest BCUT2D eigenvalue weighted by molar-refractivity contribution is -0.130. The number of nitrogens with one attached hydrogen (secondary N) is 1. The Kier molecular flexibility index (Phi) is 7.82. The molecule has 2 aromatic rings. The molecule has 1 aliphatic heterocycles. The zero-order chi connectivity index (χ0) is 18.4. The summed E-state index contributed by atoms with van der Waals surface area (Å²) in [5.74, 6) is 0.0892. The average molecular weight is 388 g/mol. The van der Waals surface area contributed by atoms with Gasteiger partial charge in [-0.2, -0.15) is 0 Å². The van der Waals surface area contributed by atoms with Crippen molar-refractivity contribution >= 4 is 29.9 Å². The second kappa shape index (κ2) is 10.1. The fourth-order valence-corrected chi connectivity index (χ4v) is 3.13. The van der Waals surface area contributed by atoms with E-state index in [4.69, 9.17) is 5.73 Å². The monoisotopic (exact) mass is 387 g/mol. The molecule has 0 atom stereocenters. The highest BCUT2D eigenvalue weighted by Crippen LogP contribution is 2.15. The van der Waals surface area contributed by atoms with Gasteiger partial charge in [0.05, 0.1) is 0 Å². The Balaban J connectivity index is 0.00000261. The van der Waals surface area contributed by atoms with Crippen molar-refractivity contribution in [3.63, 3.8) is 0 Å². The molecule has 0 unspecified atom stereocenters. The number of anilines is 1. The van der Waals surface area contributed by atoms with E-state index in [0.29, 0.717) is 18.5 Å². The van der Waals surface area contributed by atoms with Gasteiger partial charge in [-0.05, 0) is 54.7 Å². The smallest absolute Gasteiger partial charge is 0.255 e. The minimum absolute atomic E-state index is 0. The van der Waals surface area contributed by atoms with Crippen molar-refractivity contribution in [3.8, 4) is 0 Å². The molecule has 0 radical (unpaired) electrons. The Labute approximate surface area is 166 Å². The van der Waals surface area contributed by atoms with Crippen molar-refractivity contribution in [2.75, 3.05) is 18.4 Å². The Morgan fingerprint density at radius 2 is 1.52 bits per heavy atom. The summed E-state index contributed by atoms with van der Waals surface area (Å²) in [6, 6.07) is 14.9. The van der Waals surface area contributed by atoms with Crippen LogP contribution in [-0.4, -0.2) is 29.8 Å². The Morgan fingerprint density at radius 3 is 2.11 bits per heavy atom. The normalized spacial score (nSPS) is 13.1. The van der Waals surface area contributed by atoms with E-state index in [0.717, 1.165) is 49.2 Å². The van der Waals surface area contributed by atoms with Crippen molar-refractivity contribution in [2.24, 2.45) is 5.73 Å². The Hall–Kier alpha value is -2.37. The molecule has 1 heterocycles. The molecule has 0 spiro atoms. The summed E-state index contributed by atoms with van der Waals surface area (Å²) < 4.78 is 0. The molecule has 1 aliphatic rings. The van der Waals surface area contributed by atoms with Gasteiger partial charge in [0.1, 0.15) is 0 Å². The number of hydrogen-bond acceptors (Lipinski definition) is 3. The summed E-state index contributed by atoms with van der Waals surface area (Å²) >= 11 is 0.